The molecule has 2 heterocycles. The first-order valence-electron chi connectivity index (χ1n) is 5.90. The Morgan fingerprint density at radius 3 is 2.78 bits per heavy atom. The maximum atomic E-state index is 9.18. The van der Waals surface area contributed by atoms with Gasteiger partial charge in [0, 0.05) is 31.0 Å². The van der Waals surface area contributed by atoms with Crippen molar-refractivity contribution >= 4 is 5.69 Å². The summed E-state index contributed by atoms with van der Waals surface area (Å²) in [5.41, 5.74) is 0.809. The molecule has 2 rings (SSSR count). The minimum Gasteiger partial charge on any atom is -0.396 e. The molecule has 0 aliphatic rings. The molecule has 0 radical (unpaired) electrons. The van der Waals surface area contributed by atoms with Crippen LogP contribution >= 0.6 is 0 Å². The maximum absolute atomic E-state index is 9.18. The second kappa shape index (κ2) is 5.18. The molecule has 0 saturated carbocycles. The lowest BCUT2D eigenvalue weighted by atomic mass is 9.95. The second-order valence-corrected chi connectivity index (χ2v) is 5.05. The monoisotopic (exact) mass is 246 g/mol. The topological polar surface area (TPSA) is 63.0 Å². The molecule has 2 N–H and O–H groups in total. The second-order valence-electron chi connectivity index (χ2n) is 5.05. The lowest BCUT2D eigenvalue weighted by Crippen LogP contribution is -2.26. The molecule has 5 nitrogen and oxygen atoms in total. The average Bonchev–Trinajstić information content (AvgIpc) is 2.91. The molecule has 96 valence electrons. The van der Waals surface area contributed by atoms with Gasteiger partial charge in [-0.3, -0.25) is 4.57 Å². The van der Waals surface area contributed by atoms with Crippen LogP contribution in [-0.2, 0) is 0 Å². The molecular weight excluding hydrogens is 228 g/mol. The first-order chi connectivity index (χ1) is 8.61. The molecule has 0 aliphatic carbocycles. The van der Waals surface area contributed by atoms with E-state index in [-0.39, 0.29) is 12.0 Å². The van der Waals surface area contributed by atoms with Crippen LogP contribution in [0, 0.1) is 5.41 Å². The number of rotatable bonds is 5. The summed E-state index contributed by atoms with van der Waals surface area (Å²) in [6.07, 6.45) is 7.06. The number of aliphatic hydroxyl groups is 1. The van der Waals surface area contributed by atoms with Gasteiger partial charge in [-0.1, -0.05) is 13.8 Å². The fourth-order valence-corrected chi connectivity index (χ4v) is 1.44. The van der Waals surface area contributed by atoms with E-state index in [9.17, 15) is 5.11 Å². The quantitative estimate of drug-likeness (QED) is 0.843. The van der Waals surface area contributed by atoms with Crippen molar-refractivity contribution in [2.45, 2.75) is 13.8 Å². The van der Waals surface area contributed by atoms with Crippen LogP contribution in [-0.4, -0.2) is 32.8 Å². The van der Waals surface area contributed by atoms with Gasteiger partial charge in [-0.05, 0) is 12.1 Å². The van der Waals surface area contributed by atoms with Crippen molar-refractivity contribution in [3.05, 3.63) is 37.1 Å². The van der Waals surface area contributed by atoms with E-state index in [1.165, 1.54) is 0 Å². The Kier molecular flexibility index (Phi) is 3.62. The van der Waals surface area contributed by atoms with Crippen molar-refractivity contribution in [1.29, 1.82) is 0 Å². The molecule has 0 amide bonds. The number of pyridine rings is 1. The molecule has 0 fully saturated rings. The van der Waals surface area contributed by atoms with Gasteiger partial charge in [0.05, 0.1) is 11.9 Å². The van der Waals surface area contributed by atoms with Gasteiger partial charge in [0.15, 0.2) is 0 Å². The van der Waals surface area contributed by atoms with Crippen LogP contribution in [0.4, 0.5) is 5.69 Å². The van der Waals surface area contributed by atoms with Crippen molar-refractivity contribution in [3.8, 4) is 5.82 Å². The molecule has 18 heavy (non-hydrogen) atoms. The lowest BCUT2D eigenvalue weighted by molar-refractivity contribution is 0.171. The van der Waals surface area contributed by atoms with Crippen LogP contribution in [0.15, 0.2) is 37.1 Å². The minimum atomic E-state index is -0.136. The highest BCUT2D eigenvalue weighted by molar-refractivity contribution is 5.43. The first kappa shape index (κ1) is 12.6. The van der Waals surface area contributed by atoms with Crippen molar-refractivity contribution in [2.24, 2.45) is 5.41 Å². The summed E-state index contributed by atoms with van der Waals surface area (Å²) in [5, 5.41) is 12.4. The number of nitrogens with one attached hydrogen (secondary N) is 1. The predicted octanol–water partition coefficient (Wildman–Crippen LogP) is 1.70. The van der Waals surface area contributed by atoms with Gasteiger partial charge in [0.1, 0.15) is 12.1 Å². The van der Waals surface area contributed by atoms with Crippen molar-refractivity contribution < 1.29 is 5.11 Å². The van der Waals surface area contributed by atoms with Gasteiger partial charge in [-0.2, -0.15) is 0 Å². The van der Waals surface area contributed by atoms with Crippen LogP contribution in [0.3, 0.4) is 0 Å². The number of imidazole rings is 1. The minimum absolute atomic E-state index is 0.136. The SMILES string of the molecule is CC(C)(CO)CNc1ccc(-n2ccnc2)nc1. The molecule has 0 aliphatic heterocycles. The molecule has 0 atom stereocenters. The summed E-state index contributed by atoms with van der Waals surface area (Å²) in [5.74, 6) is 0.833. The maximum Gasteiger partial charge on any atom is 0.137 e. The van der Waals surface area contributed by atoms with Crippen LogP contribution in [0.2, 0.25) is 0 Å². The number of hydrogen-bond acceptors (Lipinski definition) is 4. The van der Waals surface area contributed by atoms with Crippen LogP contribution in [0.25, 0.3) is 5.82 Å². The van der Waals surface area contributed by atoms with Gasteiger partial charge in [0.25, 0.3) is 0 Å². The highest BCUT2D eigenvalue weighted by Crippen LogP contribution is 2.16. The molecule has 0 spiro atoms. The summed E-state index contributed by atoms with van der Waals surface area (Å²) < 4.78 is 1.85. The predicted molar refractivity (Wildman–Crippen MR) is 70.7 cm³/mol. The molecule has 2 aromatic heterocycles. The molecule has 0 bridgehead atoms. The van der Waals surface area contributed by atoms with E-state index in [1.54, 1.807) is 18.7 Å². The van der Waals surface area contributed by atoms with Crippen molar-refractivity contribution in [3.63, 3.8) is 0 Å². The zero-order valence-corrected chi connectivity index (χ0v) is 10.7. The molecule has 5 heteroatoms. The fraction of sp³-hybridized carbons (Fsp3) is 0.385. The van der Waals surface area contributed by atoms with E-state index in [1.807, 2.05) is 36.7 Å². The Morgan fingerprint density at radius 2 is 2.22 bits per heavy atom. The van der Waals surface area contributed by atoms with Crippen molar-refractivity contribution in [2.75, 3.05) is 18.5 Å². The molecule has 0 unspecified atom stereocenters. The van der Waals surface area contributed by atoms with E-state index >= 15 is 0 Å². The Labute approximate surface area is 107 Å². The van der Waals surface area contributed by atoms with E-state index in [2.05, 4.69) is 15.3 Å². The van der Waals surface area contributed by atoms with E-state index in [0.29, 0.717) is 6.54 Å². The number of hydrogen-bond donors (Lipinski definition) is 2. The van der Waals surface area contributed by atoms with E-state index in [4.69, 9.17) is 0 Å². The van der Waals surface area contributed by atoms with Crippen molar-refractivity contribution in [1.82, 2.24) is 14.5 Å². The van der Waals surface area contributed by atoms with Crippen LogP contribution < -0.4 is 5.32 Å². The third-order valence-corrected chi connectivity index (χ3v) is 2.72. The average molecular weight is 246 g/mol. The number of aliphatic hydroxyl groups excluding tert-OH is 1. The summed E-state index contributed by atoms with van der Waals surface area (Å²) in [7, 11) is 0. The first-order valence-corrected chi connectivity index (χ1v) is 5.90. The van der Waals surface area contributed by atoms with Gasteiger partial charge in [0.2, 0.25) is 0 Å². The smallest absolute Gasteiger partial charge is 0.137 e. The Hall–Kier alpha value is -1.88. The molecular formula is C13H18N4O. The Balaban J connectivity index is 2.00. The highest BCUT2D eigenvalue weighted by atomic mass is 16.3. The van der Waals surface area contributed by atoms with Crippen LogP contribution in [0.5, 0.6) is 0 Å². The zero-order valence-electron chi connectivity index (χ0n) is 10.7. The molecule has 0 aromatic carbocycles. The standard InChI is InChI=1S/C13H18N4O/c1-13(2,9-18)8-16-11-3-4-12(15-7-11)17-6-5-14-10-17/h3-7,10,16,18H,8-9H2,1-2H3. The normalized spacial score (nSPS) is 11.5. The van der Waals surface area contributed by atoms with E-state index < -0.39 is 0 Å². The molecule has 2 aromatic rings. The lowest BCUT2D eigenvalue weighted by Gasteiger charge is -2.22. The van der Waals surface area contributed by atoms with Crippen LogP contribution in [0.1, 0.15) is 13.8 Å². The Bertz CT molecular complexity index is 476. The molecule has 0 saturated heterocycles. The number of aromatic nitrogens is 3. The summed E-state index contributed by atoms with van der Waals surface area (Å²) in [6.45, 7) is 4.87. The summed E-state index contributed by atoms with van der Waals surface area (Å²) in [4.78, 5) is 8.33. The van der Waals surface area contributed by atoms with Gasteiger partial charge in [-0.25, -0.2) is 9.97 Å². The number of nitrogens with zero attached hydrogens (tertiary/aromatic N) is 3. The number of anilines is 1. The third-order valence-electron chi connectivity index (χ3n) is 2.72. The summed E-state index contributed by atoms with van der Waals surface area (Å²) in [6, 6.07) is 3.89. The third kappa shape index (κ3) is 3.07. The van der Waals surface area contributed by atoms with Gasteiger partial charge < -0.3 is 10.4 Å². The van der Waals surface area contributed by atoms with Gasteiger partial charge in [-0.15, -0.1) is 0 Å². The Morgan fingerprint density at radius 1 is 1.39 bits per heavy atom. The van der Waals surface area contributed by atoms with Gasteiger partial charge >= 0.3 is 0 Å². The zero-order chi connectivity index (χ0) is 13.0. The van der Waals surface area contributed by atoms with E-state index in [0.717, 1.165) is 11.5 Å². The highest BCUT2D eigenvalue weighted by Gasteiger charge is 2.15. The fourth-order valence-electron chi connectivity index (χ4n) is 1.44. The largest absolute Gasteiger partial charge is 0.396 e. The summed E-state index contributed by atoms with van der Waals surface area (Å²) >= 11 is 0.